The van der Waals surface area contributed by atoms with Gasteiger partial charge in [0, 0.05) is 6.42 Å². The topological polar surface area (TPSA) is 24.5 Å². The standard InChI is InChI=1S/C11H22N2O/c1-4-12-10(7-8-13(2)3)11-6-5-9-14-11/h6,10,12H,4-5,7-9H2,1-3H3. The molecule has 3 nitrogen and oxygen atoms in total. The lowest BCUT2D eigenvalue weighted by atomic mass is 10.1. The van der Waals surface area contributed by atoms with Crippen LogP contribution in [0.5, 0.6) is 0 Å². The van der Waals surface area contributed by atoms with Gasteiger partial charge in [-0.05, 0) is 39.7 Å². The van der Waals surface area contributed by atoms with E-state index in [2.05, 4.69) is 37.3 Å². The van der Waals surface area contributed by atoms with Gasteiger partial charge in [-0.1, -0.05) is 6.92 Å². The molecule has 82 valence electrons. The van der Waals surface area contributed by atoms with Crippen LogP contribution in [0.3, 0.4) is 0 Å². The molecule has 1 aliphatic heterocycles. The lowest BCUT2D eigenvalue weighted by Crippen LogP contribution is -2.34. The van der Waals surface area contributed by atoms with Crippen LogP contribution in [0.1, 0.15) is 19.8 Å². The van der Waals surface area contributed by atoms with Crippen LogP contribution >= 0.6 is 0 Å². The first-order chi connectivity index (χ1) is 6.74. The molecule has 1 aliphatic rings. The average molecular weight is 198 g/mol. The van der Waals surface area contributed by atoms with E-state index in [9.17, 15) is 0 Å². The molecule has 1 rings (SSSR count). The molecule has 0 bridgehead atoms. The maximum absolute atomic E-state index is 5.58. The number of ether oxygens (including phenoxy) is 1. The summed E-state index contributed by atoms with van der Waals surface area (Å²) in [6.07, 6.45) is 4.40. The van der Waals surface area contributed by atoms with Crippen molar-refractivity contribution < 1.29 is 4.74 Å². The molecule has 0 aromatic heterocycles. The van der Waals surface area contributed by atoms with Crippen LogP contribution in [0.25, 0.3) is 0 Å². The highest BCUT2D eigenvalue weighted by atomic mass is 16.5. The van der Waals surface area contributed by atoms with E-state index < -0.39 is 0 Å². The number of nitrogens with zero attached hydrogens (tertiary/aromatic N) is 1. The van der Waals surface area contributed by atoms with Gasteiger partial charge in [-0.15, -0.1) is 0 Å². The minimum atomic E-state index is 0.407. The van der Waals surface area contributed by atoms with E-state index in [1.165, 1.54) is 0 Å². The van der Waals surface area contributed by atoms with E-state index in [0.29, 0.717) is 6.04 Å². The molecule has 3 heteroatoms. The highest BCUT2D eigenvalue weighted by Gasteiger charge is 2.17. The van der Waals surface area contributed by atoms with Crippen molar-refractivity contribution in [3.05, 3.63) is 11.8 Å². The Bertz CT molecular complexity index is 190. The molecule has 0 radical (unpaired) electrons. The van der Waals surface area contributed by atoms with E-state index in [4.69, 9.17) is 4.74 Å². The number of nitrogens with one attached hydrogen (secondary N) is 1. The van der Waals surface area contributed by atoms with Crippen molar-refractivity contribution in [3.63, 3.8) is 0 Å². The van der Waals surface area contributed by atoms with E-state index in [-0.39, 0.29) is 0 Å². The van der Waals surface area contributed by atoms with Crippen molar-refractivity contribution in [2.45, 2.75) is 25.8 Å². The third kappa shape index (κ3) is 3.68. The smallest absolute Gasteiger partial charge is 0.109 e. The van der Waals surface area contributed by atoms with Gasteiger partial charge in [0.25, 0.3) is 0 Å². The van der Waals surface area contributed by atoms with Gasteiger partial charge in [0.05, 0.1) is 12.6 Å². The minimum absolute atomic E-state index is 0.407. The van der Waals surface area contributed by atoms with Crippen LogP contribution in [0.15, 0.2) is 11.8 Å². The fourth-order valence-electron chi connectivity index (χ4n) is 1.66. The van der Waals surface area contributed by atoms with Crippen LogP contribution in [0.4, 0.5) is 0 Å². The largest absolute Gasteiger partial charge is 0.496 e. The van der Waals surface area contributed by atoms with E-state index >= 15 is 0 Å². The Labute approximate surface area is 87.1 Å². The number of hydrogen-bond donors (Lipinski definition) is 1. The van der Waals surface area contributed by atoms with Crippen molar-refractivity contribution >= 4 is 0 Å². The molecule has 0 aromatic carbocycles. The second-order valence-electron chi connectivity index (χ2n) is 3.95. The molecule has 0 fully saturated rings. The Morgan fingerprint density at radius 1 is 1.57 bits per heavy atom. The van der Waals surface area contributed by atoms with Gasteiger partial charge in [-0.25, -0.2) is 0 Å². The quantitative estimate of drug-likeness (QED) is 0.694. The summed E-state index contributed by atoms with van der Waals surface area (Å²) in [7, 11) is 4.21. The Kier molecular flexibility index (Phi) is 4.98. The van der Waals surface area contributed by atoms with Crippen molar-refractivity contribution in [3.8, 4) is 0 Å². The molecule has 0 spiro atoms. The summed E-state index contributed by atoms with van der Waals surface area (Å²) in [6, 6.07) is 0.407. The van der Waals surface area contributed by atoms with Gasteiger partial charge in [-0.3, -0.25) is 0 Å². The first kappa shape index (κ1) is 11.5. The Morgan fingerprint density at radius 2 is 2.36 bits per heavy atom. The SMILES string of the molecule is CCNC(CCN(C)C)C1=CCCO1. The Balaban J connectivity index is 2.37. The highest BCUT2D eigenvalue weighted by molar-refractivity contribution is 5.07. The third-order valence-electron chi connectivity index (χ3n) is 2.39. The molecule has 0 saturated heterocycles. The number of rotatable bonds is 6. The van der Waals surface area contributed by atoms with Crippen LogP contribution in [-0.2, 0) is 4.74 Å². The summed E-state index contributed by atoms with van der Waals surface area (Å²) in [5.41, 5.74) is 0. The Hall–Kier alpha value is -0.540. The summed E-state index contributed by atoms with van der Waals surface area (Å²) in [4.78, 5) is 2.21. The maximum atomic E-state index is 5.58. The maximum Gasteiger partial charge on any atom is 0.109 e. The van der Waals surface area contributed by atoms with Crippen molar-refractivity contribution in [2.75, 3.05) is 33.8 Å². The zero-order chi connectivity index (χ0) is 10.4. The zero-order valence-corrected chi connectivity index (χ0v) is 9.55. The fourth-order valence-corrected chi connectivity index (χ4v) is 1.66. The molecule has 1 heterocycles. The lowest BCUT2D eigenvalue weighted by Gasteiger charge is -2.20. The summed E-state index contributed by atoms with van der Waals surface area (Å²) >= 11 is 0. The summed E-state index contributed by atoms with van der Waals surface area (Å²) in [5, 5.41) is 3.46. The molecular formula is C11H22N2O. The molecule has 0 aromatic rings. The normalized spacial score (nSPS) is 18.1. The third-order valence-corrected chi connectivity index (χ3v) is 2.39. The predicted molar refractivity (Wildman–Crippen MR) is 59.3 cm³/mol. The van der Waals surface area contributed by atoms with Crippen molar-refractivity contribution in [1.82, 2.24) is 10.2 Å². The summed E-state index contributed by atoms with van der Waals surface area (Å²) < 4.78 is 5.58. The minimum Gasteiger partial charge on any atom is -0.496 e. The molecule has 0 saturated carbocycles. The van der Waals surface area contributed by atoms with E-state index in [1.807, 2.05) is 0 Å². The average Bonchev–Trinajstić information content (AvgIpc) is 2.64. The van der Waals surface area contributed by atoms with E-state index in [1.54, 1.807) is 0 Å². The molecule has 1 N–H and O–H groups in total. The van der Waals surface area contributed by atoms with E-state index in [0.717, 1.165) is 38.3 Å². The van der Waals surface area contributed by atoms with Crippen LogP contribution < -0.4 is 5.32 Å². The van der Waals surface area contributed by atoms with Crippen molar-refractivity contribution in [1.29, 1.82) is 0 Å². The summed E-state index contributed by atoms with van der Waals surface area (Å²) in [5.74, 6) is 1.15. The molecule has 0 amide bonds. The molecule has 1 unspecified atom stereocenters. The zero-order valence-electron chi connectivity index (χ0n) is 9.55. The molecule has 1 atom stereocenters. The molecule has 0 aliphatic carbocycles. The second-order valence-corrected chi connectivity index (χ2v) is 3.95. The number of hydrogen-bond acceptors (Lipinski definition) is 3. The number of likely N-dealkylation sites (N-methyl/N-ethyl adjacent to an activating group) is 1. The first-order valence-corrected chi connectivity index (χ1v) is 5.45. The monoisotopic (exact) mass is 198 g/mol. The van der Waals surface area contributed by atoms with Gasteiger partial charge in [-0.2, -0.15) is 0 Å². The van der Waals surface area contributed by atoms with Gasteiger partial charge in [0.15, 0.2) is 0 Å². The Morgan fingerprint density at radius 3 is 2.86 bits per heavy atom. The van der Waals surface area contributed by atoms with Crippen molar-refractivity contribution in [2.24, 2.45) is 0 Å². The van der Waals surface area contributed by atoms with Gasteiger partial charge in [0.2, 0.25) is 0 Å². The summed E-state index contributed by atoms with van der Waals surface area (Å²) in [6.45, 7) is 5.09. The van der Waals surface area contributed by atoms with Gasteiger partial charge < -0.3 is 15.0 Å². The van der Waals surface area contributed by atoms with Crippen LogP contribution in [0, 0.1) is 0 Å². The highest BCUT2D eigenvalue weighted by Crippen LogP contribution is 2.15. The first-order valence-electron chi connectivity index (χ1n) is 5.45. The van der Waals surface area contributed by atoms with Gasteiger partial charge >= 0.3 is 0 Å². The predicted octanol–water partition coefficient (Wildman–Crippen LogP) is 1.22. The van der Waals surface area contributed by atoms with Gasteiger partial charge in [0.1, 0.15) is 5.76 Å². The fraction of sp³-hybridized carbons (Fsp3) is 0.818. The molecule has 14 heavy (non-hydrogen) atoms. The van der Waals surface area contributed by atoms with Crippen LogP contribution in [-0.4, -0.2) is 44.7 Å². The molecular weight excluding hydrogens is 176 g/mol. The van der Waals surface area contributed by atoms with Crippen LogP contribution in [0.2, 0.25) is 0 Å². The second kappa shape index (κ2) is 6.04. The lowest BCUT2D eigenvalue weighted by molar-refractivity contribution is 0.207.